The van der Waals surface area contributed by atoms with Crippen molar-refractivity contribution in [1.82, 2.24) is 0 Å². The van der Waals surface area contributed by atoms with E-state index in [0.717, 1.165) is 28.8 Å². The number of rotatable bonds is 1. The molecule has 1 nitrogen and oxygen atoms in total. The Morgan fingerprint density at radius 3 is 2.57 bits per heavy atom. The van der Waals surface area contributed by atoms with Crippen LogP contribution in [0, 0.1) is 6.92 Å². The molecule has 0 atom stereocenters. The van der Waals surface area contributed by atoms with Crippen LogP contribution in [0.2, 0.25) is 0 Å². The maximum Gasteiger partial charge on any atom is 0.256 e. The van der Waals surface area contributed by atoms with Crippen LogP contribution in [0.1, 0.15) is 37.4 Å². The number of hydrogen-bond acceptors (Lipinski definition) is 0. The molecule has 0 spiro atoms. The third kappa shape index (κ3) is 1.57. The highest BCUT2D eigenvalue weighted by atomic mass is 19.2. The average molecular weight is 192 g/mol. The zero-order valence-electron chi connectivity index (χ0n) is 8.68. The Balaban J connectivity index is 2.41. The van der Waals surface area contributed by atoms with Gasteiger partial charge in [-0.3, -0.25) is 0 Å². The summed E-state index contributed by atoms with van der Waals surface area (Å²) in [6.45, 7) is 3.90. The fourth-order valence-electron chi connectivity index (χ4n) is 1.77. The number of aromatic nitrogens is 1. The fraction of sp³-hybridized carbons (Fsp3) is 0.417. The van der Waals surface area contributed by atoms with E-state index in [4.69, 9.17) is 0 Å². The molecule has 14 heavy (non-hydrogen) atoms. The van der Waals surface area contributed by atoms with Gasteiger partial charge in [-0.2, -0.15) is 0 Å². The van der Waals surface area contributed by atoms with Crippen molar-refractivity contribution < 1.29 is 9.27 Å². The van der Waals surface area contributed by atoms with Crippen LogP contribution in [0.3, 0.4) is 0 Å². The number of halogens is 1. The van der Waals surface area contributed by atoms with E-state index in [1.807, 2.05) is 26.0 Å². The molecular weight excluding hydrogens is 177 g/mol. The molecule has 0 aliphatic heterocycles. The van der Waals surface area contributed by atoms with E-state index in [0.29, 0.717) is 5.69 Å². The Labute approximate surface area is 83.8 Å². The molecule has 1 fully saturated rings. The van der Waals surface area contributed by atoms with Crippen LogP contribution in [0.5, 0.6) is 0 Å². The summed E-state index contributed by atoms with van der Waals surface area (Å²) in [5.41, 5.74) is 4.16. The second kappa shape index (κ2) is 3.52. The van der Waals surface area contributed by atoms with Gasteiger partial charge in [0.15, 0.2) is 0 Å². The second-order valence-corrected chi connectivity index (χ2v) is 3.99. The molecule has 0 amide bonds. The van der Waals surface area contributed by atoms with Gasteiger partial charge >= 0.3 is 0 Å². The Morgan fingerprint density at radius 2 is 2.07 bits per heavy atom. The summed E-state index contributed by atoms with van der Waals surface area (Å²) in [4.78, 5) is 0.732. The number of pyridine rings is 1. The first-order valence-corrected chi connectivity index (χ1v) is 5.06. The second-order valence-electron chi connectivity index (χ2n) is 3.99. The molecule has 1 aromatic heterocycles. The molecular formula is C12H15FN+. The normalized spacial score (nSPS) is 15.2. The monoisotopic (exact) mass is 192 g/mol. The maximum absolute atomic E-state index is 13.5. The molecule has 1 aromatic rings. The lowest BCUT2D eigenvalue weighted by atomic mass is 9.87. The van der Waals surface area contributed by atoms with Crippen LogP contribution in [0.4, 0.5) is 4.48 Å². The lowest BCUT2D eigenvalue weighted by Gasteiger charge is -2.18. The van der Waals surface area contributed by atoms with Gasteiger partial charge in [-0.15, -0.1) is 0 Å². The molecule has 0 unspecified atom stereocenters. The number of aryl methyl sites for hydroxylation is 1. The number of hydrogen-bond donors (Lipinski definition) is 0. The standard InChI is InChI=1S/C12H15FN/c1-9-6-7-12(14(13)8-9)10(2)11-4-3-5-11/h6-8H,3-5H2,1-2H3/q+1. The quantitative estimate of drug-likeness (QED) is 0.644. The largest absolute Gasteiger partial charge is 0.256 e. The van der Waals surface area contributed by atoms with Crippen LogP contribution in [0.15, 0.2) is 23.9 Å². The molecule has 1 heterocycles. The van der Waals surface area contributed by atoms with Crippen molar-refractivity contribution in [3.8, 4) is 0 Å². The molecule has 2 heteroatoms. The first-order valence-electron chi connectivity index (χ1n) is 5.06. The Bertz CT molecular complexity index is 387. The predicted octanol–water partition coefficient (Wildman–Crippen LogP) is 2.97. The zero-order chi connectivity index (χ0) is 10.1. The summed E-state index contributed by atoms with van der Waals surface area (Å²) in [6, 6.07) is 3.81. The lowest BCUT2D eigenvalue weighted by Crippen LogP contribution is -2.28. The average Bonchev–Trinajstić information content (AvgIpc) is 2.00. The van der Waals surface area contributed by atoms with Gasteiger partial charge in [-0.25, -0.2) is 0 Å². The van der Waals surface area contributed by atoms with Crippen molar-refractivity contribution in [1.29, 1.82) is 0 Å². The predicted molar refractivity (Wildman–Crippen MR) is 54.3 cm³/mol. The first-order chi connectivity index (χ1) is 6.68. The first kappa shape index (κ1) is 9.38. The van der Waals surface area contributed by atoms with E-state index in [9.17, 15) is 4.48 Å². The molecule has 0 bridgehead atoms. The Hall–Kier alpha value is -1.18. The smallest absolute Gasteiger partial charge is 0.0605 e. The number of allylic oxidation sites excluding steroid dienone is 2. The number of nitrogens with zero attached hydrogens (tertiary/aromatic N) is 1. The van der Waals surface area contributed by atoms with Crippen molar-refractivity contribution >= 4 is 5.57 Å². The van der Waals surface area contributed by atoms with Crippen molar-refractivity contribution in [3.05, 3.63) is 35.2 Å². The van der Waals surface area contributed by atoms with Gasteiger partial charge in [-0.05, 0) is 39.2 Å². The van der Waals surface area contributed by atoms with E-state index < -0.39 is 0 Å². The minimum absolute atomic E-state index is 0.699. The highest BCUT2D eigenvalue weighted by molar-refractivity contribution is 5.63. The van der Waals surface area contributed by atoms with Gasteiger partial charge in [0.2, 0.25) is 6.20 Å². The summed E-state index contributed by atoms with van der Waals surface area (Å²) in [6.07, 6.45) is 5.06. The van der Waals surface area contributed by atoms with Gasteiger partial charge in [0, 0.05) is 22.0 Å². The van der Waals surface area contributed by atoms with Crippen LogP contribution < -0.4 is 4.79 Å². The summed E-state index contributed by atoms with van der Waals surface area (Å²) >= 11 is 0. The van der Waals surface area contributed by atoms with E-state index in [2.05, 4.69) is 0 Å². The highest BCUT2D eigenvalue weighted by Crippen LogP contribution is 2.32. The van der Waals surface area contributed by atoms with Crippen molar-refractivity contribution in [2.24, 2.45) is 0 Å². The molecule has 0 aromatic carbocycles. The molecule has 1 saturated carbocycles. The van der Waals surface area contributed by atoms with Crippen LogP contribution in [-0.4, -0.2) is 0 Å². The lowest BCUT2D eigenvalue weighted by molar-refractivity contribution is -0.845. The topological polar surface area (TPSA) is 3.88 Å². The van der Waals surface area contributed by atoms with Gasteiger partial charge < -0.3 is 0 Å². The SMILES string of the molecule is CC(=C1CCC1)c1ccc(C)c[n+]1F. The zero-order valence-corrected chi connectivity index (χ0v) is 8.68. The maximum atomic E-state index is 13.5. The molecule has 74 valence electrons. The molecule has 0 N–H and O–H groups in total. The highest BCUT2D eigenvalue weighted by Gasteiger charge is 2.20. The van der Waals surface area contributed by atoms with Gasteiger partial charge in [0.25, 0.3) is 5.69 Å². The van der Waals surface area contributed by atoms with Crippen LogP contribution >= 0.6 is 0 Å². The minimum Gasteiger partial charge on any atom is -0.0605 e. The van der Waals surface area contributed by atoms with Crippen LogP contribution in [0.25, 0.3) is 5.57 Å². The van der Waals surface area contributed by atoms with Gasteiger partial charge in [0.05, 0.1) is 4.48 Å². The van der Waals surface area contributed by atoms with E-state index in [-0.39, 0.29) is 0 Å². The molecule has 2 rings (SSSR count). The third-order valence-electron chi connectivity index (χ3n) is 2.92. The fourth-order valence-corrected chi connectivity index (χ4v) is 1.77. The van der Waals surface area contributed by atoms with Gasteiger partial charge in [-0.1, -0.05) is 5.57 Å². The summed E-state index contributed by atoms with van der Waals surface area (Å²) in [5, 5.41) is 0. The van der Waals surface area contributed by atoms with E-state index in [1.165, 1.54) is 18.2 Å². The summed E-state index contributed by atoms with van der Waals surface area (Å²) < 4.78 is 13.5. The Kier molecular flexibility index (Phi) is 2.36. The van der Waals surface area contributed by atoms with Crippen LogP contribution in [-0.2, 0) is 0 Å². The van der Waals surface area contributed by atoms with E-state index >= 15 is 0 Å². The third-order valence-corrected chi connectivity index (χ3v) is 2.92. The molecule has 0 saturated heterocycles. The minimum atomic E-state index is 0.699. The molecule has 0 radical (unpaired) electrons. The summed E-state index contributed by atoms with van der Waals surface area (Å²) in [7, 11) is 0. The molecule has 1 aliphatic rings. The van der Waals surface area contributed by atoms with Crippen molar-refractivity contribution in [2.75, 3.05) is 0 Å². The van der Waals surface area contributed by atoms with Gasteiger partial charge in [0.1, 0.15) is 0 Å². The van der Waals surface area contributed by atoms with E-state index in [1.54, 1.807) is 0 Å². The summed E-state index contributed by atoms with van der Waals surface area (Å²) in [5.74, 6) is 0. The molecule has 1 aliphatic carbocycles. The Morgan fingerprint density at radius 1 is 1.36 bits per heavy atom. The van der Waals surface area contributed by atoms with Crippen molar-refractivity contribution in [2.45, 2.75) is 33.1 Å². The van der Waals surface area contributed by atoms with Crippen molar-refractivity contribution in [3.63, 3.8) is 0 Å².